The van der Waals surface area contributed by atoms with Crippen LogP contribution in [0.5, 0.6) is 5.75 Å². The summed E-state index contributed by atoms with van der Waals surface area (Å²) in [5.41, 5.74) is 3.16. The van der Waals surface area contributed by atoms with E-state index in [1.165, 1.54) is 0 Å². The van der Waals surface area contributed by atoms with Gasteiger partial charge in [0.1, 0.15) is 18.6 Å². The molecule has 2 nitrogen and oxygen atoms in total. The molecule has 0 bridgehead atoms. The van der Waals surface area contributed by atoms with Gasteiger partial charge in [0, 0.05) is 6.42 Å². The number of carbonyl (C=O) groups is 1. The lowest BCUT2D eigenvalue weighted by molar-refractivity contribution is -0.107. The number of hydrogen-bond acceptors (Lipinski definition) is 2. The molecule has 0 amide bonds. The summed E-state index contributed by atoms with van der Waals surface area (Å²) in [6.07, 6.45) is 2.14. The number of benzene rings is 2. The molecular formula is C17H17ClO2. The van der Waals surface area contributed by atoms with Crippen molar-refractivity contribution in [3.63, 3.8) is 0 Å². The second-order valence-corrected chi connectivity index (χ2v) is 5.11. The second kappa shape index (κ2) is 7.11. The molecule has 0 fully saturated rings. The van der Waals surface area contributed by atoms with Crippen molar-refractivity contribution in [2.24, 2.45) is 0 Å². The highest BCUT2D eigenvalue weighted by Gasteiger charge is 2.08. The minimum atomic E-state index is 0.495. The van der Waals surface area contributed by atoms with E-state index < -0.39 is 0 Å². The van der Waals surface area contributed by atoms with Crippen molar-refractivity contribution in [1.29, 1.82) is 0 Å². The van der Waals surface area contributed by atoms with Gasteiger partial charge in [-0.3, -0.25) is 0 Å². The molecule has 0 aliphatic rings. The van der Waals surface area contributed by atoms with Crippen molar-refractivity contribution in [1.82, 2.24) is 0 Å². The van der Waals surface area contributed by atoms with Gasteiger partial charge in [-0.25, -0.2) is 0 Å². The smallest absolute Gasteiger partial charge is 0.141 e. The fourth-order valence-electron chi connectivity index (χ4n) is 2.08. The zero-order valence-corrected chi connectivity index (χ0v) is 12.2. The molecule has 0 aliphatic heterocycles. The van der Waals surface area contributed by atoms with E-state index >= 15 is 0 Å². The molecule has 0 saturated carbocycles. The van der Waals surface area contributed by atoms with Crippen LogP contribution in [0.15, 0.2) is 42.5 Å². The van der Waals surface area contributed by atoms with Crippen LogP contribution in [0.25, 0.3) is 0 Å². The maximum atomic E-state index is 10.4. The van der Waals surface area contributed by atoms with Crippen molar-refractivity contribution in [3.8, 4) is 5.75 Å². The Labute approximate surface area is 124 Å². The zero-order valence-electron chi connectivity index (χ0n) is 11.4. The molecule has 2 aromatic carbocycles. The van der Waals surface area contributed by atoms with E-state index in [2.05, 4.69) is 0 Å². The van der Waals surface area contributed by atoms with Gasteiger partial charge in [-0.15, -0.1) is 0 Å². The Morgan fingerprint density at radius 2 is 1.90 bits per heavy atom. The number of halogens is 1. The minimum absolute atomic E-state index is 0.495. The number of hydrogen-bond donors (Lipinski definition) is 0. The highest BCUT2D eigenvalue weighted by molar-refractivity contribution is 6.32. The third-order valence-corrected chi connectivity index (χ3v) is 3.35. The topological polar surface area (TPSA) is 26.3 Å². The predicted octanol–water partition coefficient (Wildman–Crippen LogP) is 4.36. The first kappa shape index (κ1) is 14.6. The number of aryl methyl sites for hydroxylation is 2. The summed E-state index contributed by atoms with van der Waals surface area (Å²) in [6, 6.07) is 13.9. The van der Waals surface area contributed by atoms with Crippen molar-refractivity contribution in [2.75, 3.05) is 0 Å². The molecule has 0 unspecified atom stereocenters. The molecule has 0 radical (unpaired) electrons. The van der Waals surface area contributed by atoms with E-state index in [1.54, 1.807) is 0 Å². The zero-order chi connectivity index (χ0) is 14.4. The summed E-state index contributed by atoms with van der Waals surface area (Å²) in [7, 11) is 0. The first-order chi connectivity index (χ1) is 9.70. The normalized spacial score (nSPS) is 10.3. The van der Waals surface area contributed by atoms with Crippen LogP contribution >= 0.6 is 11.6 Å². The molecule has 0 atom stereocenters. The van der Waals surface area contributed by atoms with Crippen LogP contribution in [0.3, 0.4) is 0 Å². The summed E-state index contributed by atoms with van der Waals surface area (Å²) >= 11 is 6.27. The van der Waals surface area contributed by atoms with Gasteiger partial charge in [0.2, 0.25) is 0 Å². The minimum Gasteiger partial charge on any atom is -0.487 e. The predicted molar refractivity (Wildman–Crippen MR) is 81.3 cm³/mol. The van der Waals surface area contributed by atoms with Gasteiger partial charge in [0.05, 0.1) is 5.02 Å². The molecule has 0 aromatic heterocycles. The molecule has 20 heavy (non-hydrogen) atoms. The molecule has 0 heterocycles. The van der Waals surface area contributed by atoms with Gasteiger partial charge in [0.25, 0.3) is 0 Å². The Morgan fingerprint density at radius 1 is 1.15 bits per heavy atom. The van der Waals surface area contributed by atoms with E-state index in [1.807, 2.05) is 49.4 Å². The maximum absolute atomic E-state index is 10.4. The highest BCUT2D eigenvalue weighted by Crippen LogP contribution is 2.31. The van der Waals surface area contributed by atoms with Crippen LogP contribution in [0, 0.1) is 6.92 Å². The monoisotopic (exact) mass is 288 g/mol. The summed E-state index contributed by atoms with van der Waals surface area (Å²) in [4.78, 5) is 10.4. The van der Waals surface area contributed by atoms with Gasteiger partial charge >= 0.3 is 0 Å². The third-order valence-electron chi connectivity index (χ3n) is 3.07. The first-order valence-corrected chi connectivity index (χ1v) is 6.98. The number of rotatable bonds is 6. The third kappa shape index (κ3) is 3.84. The molecule has 0 N–H and O–H groups in total. The van der Waals surface area contributed by atoms with Gasteiger partial charge in [-0.1, -0.05) is 48.0 Å². The lowest BCUT2D eigenvalue weighted by atomic mass is 10.1. The fourth-order valence-corrected chi connectivity index (χ4v) is 2.43. The van der Waals surface area contributed by atoms with Gasteiger partial charge in [-0.05, 0) is 36.1 Å². The average Bonchev–Trinajstić information content (AvgIpc) is 2.45. The van der Waals surface area contributed by atoms with Gasteiger partial charge in [-0.2, -0.15) is 0 Å². The van der Waals surface area contributed by atoms with E-state index in [0.717, 1.165) is 23.0 Å². The van der Waals surface area contributed by atoms with Crippen LogP contribution in [-0.4, -0.2) is 6.29 Å². The fraction of sp³-hybridized carbons (Fsp3) is 0.235. The Kier molecular flexibility index (Phi) is 5.19. The number of aldehydes is 1. The van der Waals surface area contributed by atoms with Gasteiger partial charge < -0.3 is 9.53 Å². The molecule has 0 spiro atoms. The average molecular weight is 289 g/mol. The molecular weight excluding hydrogens is 272 g/mol. The van der Waals surface area contributed by atoms with Crippen LogP contribution in [0.4, 0.5) is 0 Å². The van der Waals surface area contributed by atoms with Gasteiger partial charge in [0.15, 0.2) is 0 Å². The molecule has 3 heteroatoms. The summed E-state index contributed by atoms with van der Waals surface area (Å²) in [5, 5.41) is 0.599. The van der Waals surface area contributed by atoms with E-state index in [0.29, 0.717) is 30.2 Å². The Hall–Kier alpha value is -1.80. The van der Waals surface area contributed by atoms with Crippen molar-refractivity contribution in [2.45, 2.75) is 26.4 Å². The van der Waals surface area contributed by atoms with Crippen molar-refractivity contribution >= 4 is 17.9 Å². The molecule has 0 aliphatic carbocycles. The highest BCUT2D eigenvalue weighted by atomic mass is 35.5. The standard InChI is InChI=1S/C17H17ClO2/c1-13-10-15(8-5-9-19)11-16(18)17(13)20-12-14-6-3-2-4-7-14/h2-4,6-7,9-11H,5,8,12H2,1H3. The van der Waals surface area contributed by atoms with Crippen molar-refractivity contribution in [3.05, 3.63) is 64.2 Å². The molecule has 104 valence electrons. The van der Waals surface area contributed by atoms with Crippen LogP contribution in [0.2, 0.25) is 5.02 Å². The Balaban J connectivity index is 2.10. The van der Waals surface area contributed by atoms with E-state index in [9.17, 15) is 4.79 Å². The van der Waals surface area contributed by atoms with Crippen molar-refractivity contribution < 1.29 is 9.53 Å². The largest absolute Gasteiger partial charge is 0.487 e. The van der Waals surface area contributed by atoms with E-state index in [-0.39, 0.29) is 0 Å². The molecule has 2 aromatic rings. The lowest BCUT2D eigenvalue weighted by Gasteiger charge is -2.13. The molecule has 0 saturated heterocycles. The first-order valence-electron chi connectivity index (χ1n) is 6.60. The number of carbonyl (C=O) groups excluding carboxylic acids is 1. The van der Waals surface area contributed by atoms with Crippen LogP contribution in [0.1, 0.15) is 23.1 Å². The summed E-state index contributed by atoms with van der Waals surface area (Å²) in [6.45, 7) is 2.46. The summed E-state index contributed by atoms with van der Waals surface area (Å²) < 4.78 is 5.81. The lowest BCUT2D eigenvalue weighted by Crippen LogP contribution is -1.99. The van der Waals surface area contributed by atoms with Crippen LogP contribution in [-0.2, 0) is 17.8 Å². The second-order valence-electron chi connectivity index (χ2n) is 4.70. The SMILES string of the molecule is Cc1cc(CCC=O)cc(Cl)c1OCc1ccccc1. The van der Waals surface area contributed by atoms with E-state index in [4.69, 9.17) is 16.3 Å². The Bertz CT molecular complexity index is 556. The van der Waals surface area contributed by atoms with Crippen LogP contribution < -0.4 is 4.74 Å². The Morgan fingerprint density at radius 3 is 2.55 bits per heavy atom. The quantitative estimate of drug-likeness (QED) is 0.738. The molecule has 2 rings (SSSR count). The number of ether oxygens (including phenoxy) is 1. The maximum Gasteiger partial charge on any atom is 0.141 e. The summed E-state index contributed by atoms with van der Waals surface area (Å²) in [5.74, 6) is 0.713.